The van der Waals surface area contributed by atoms with Crippen LogP contribution in [0.5, 0.6) is 0 Å². The van der Waals surface area contributed by atoms with Gasteiger partial charge in [-0.3, -0.25) is 4.79 Å². The standard InChI is InChI=1S/C33H45N3O3/c1-33(24-27-25-35-30-21-15-14-20-29(27)30,31(37)34-23-22-26-16-10-9-11-17-26)36-32(38)39-28-18-12-7-5-3-2-4-6-8-13-19-28/h9-11,14-17,20-21,25,28,35H,2-8,12-13,18-19,22-24H2,1H3,(H,34,37)(H,36,38). The first-order valence-electron chi connectivity index (χ1n) is 14.9. The first-order chi connectivity index (χ1) is 19.0. The van der Waals surface area contributed by atoms with E-state index >= 15 is 0 Å². The van der Waals surface area contributed by atoms with Gasteiger partial charge in [-0.2, -0.15) is 0 Å². The second-order valence-electron chi connectivity index (χ2n) is 11.3. The molecule has 0 aliphatic heterocycles. The minimum atomic E-state index is -1.16. The summed E-state index contributed by atoms with van der Waals surface area (Å²) in [6, 6.07) is 18.1. The van der Waals surface area contributed by atoms with Gasteiger partial charge >= 0.3 is 6.09 Å². The monoisotopic (exact) mass is 531 g/mol. The normalized spacial score (nSPS) is 17.4. The molecule has 1 atom stereocenters. The number of hydrogen-bond donors (Lipinski definition) is 3. The molecule has 6 heteroatoms. The van der Waals surface area contributed by atoms with Gasteiger partial charge in [-0.1, -0.05) is 93.5 Å². The Morgan fingerprint density at radius 2 is 1.49 bits per heavy atom. The van der Waals surface area contributed by atoms with Gasteiger partial charge in [-0.25, -0.2) is 4.79 Å². The zero-order valence-electron chi connectivity index (χ0n) is 23.5. The number of nitrogens with one attached hydrogen (secondary N) is 3. The lowest BCUT2D eigenvalue weighted by molar-refractivity contribution is -0.127. The van der Waals surface area contributed by atoms with E-state index in [4.69, 9.17) is 4.74 Å². The summed E-state index contributed by atoms with van der Waals surface area (Å²) in [5.41, 5.74) is 1.99. The molecule has 2 aromatic carbocycles. The number of carbonyl (C=O) groups is 2. The van der Waals surface area contributed by atoms with E-state index < -0.39 is 11.6 Å². The number of amides is 2. The third kappa shape index (κ3) is 8.87. The molecule has 39 heavy (non-hydrogen) atoms. The van der Waals surface area contributed by atoms with Crippen molar-refractivity contribution in [3.63, 3.8) is 0 Å². The van der Waals surface area contributed by atoms with Crippen LogP contribution in [0.25, 0.3) is 10.9 Å². The van der Waals surface area contributed by atoms with Gasteiger partial charge in [0.15, 0.2) is 0 Å². The van der Waals surface area contributed by atoms with Gasteiger partial charge in [-0.15, -0.1) is 0 Å². The molecule has 3 aromatic rings. The Kier molecular flexibility index (Phi) is 10.9. The molecule has 1 saturated carbocycles. The van der Waals surface area contributed by atoms with E-state index in [1.165, 1.54) is 44.9 Å². The number of alkyl carbamates (subject to hydrolysis) is 1. The molecule has 1 fully saturated rings. The average molecular weight is 532 g/mol. The third-order valence-corrected chi connectivity index (χ3v) is 7.97. The highest BCUT2D eigenvalue weighted by molar-refractivity contribution is 5.91. The van der Waals surface area contributed by atoms with Crippen LogP contribution in [0.4, 0.5) is 4.79 Å². The van der Waals surface area contributed by atoms with Gasteiger partial charge in [0, 0.05) is 30.1 Å². The summed E-state index contributed by atoms with van der Waals surface area (Å²) in [5.74, 6) is -0.209. The number of fused-ring (bicyclic) bond motifs is 1. The predicted molar refractivity (Wildman–Crippen MR) is 158 cm³/mol. The summed E-state index contributed by atoms with van der Waals surface area (Å²) in [4.78, 5) is 30.2. The molecule has 0 bridgehead atoms. The van der Waals surface area contributed by atoms with Crippen LogP contribution in [0, 0.1) is 0 Å². The predicted octanol–water partition coefficient (Wildman–Crippen LogP) is 7.23. The maximum Gasteiger partial charge on any atom is 0.408 e. The van der Waals surface area contributed by atoms with Crippen molar-refractivity contribution >= 4 is 22.9 Å². The summed E-state index contributed by atoms with van der Waals surface area (Å²) in [5, 5.41) is 7.11. The lowest BCUT2D eigenvalue weighted by Crippen LogP contribution is -2.58. The van der Waals surface area contributed by atoms with Crippen LogP contribution in [0.15, 0.2) is 60.8 Å². The van der Waals surface area contributed by atoms with E-state index in [9.17, 15) is 9.59 Å². The van der Waals surface area contributed by atoms with Crippen molar-refractivity contribution in [3.8, 4) is 0 Å². The van der Waals surface area contributed by atoms with Crippen molar-refractivity contribution in [1.29, 1.82) is 0 Å². The van der Waals surface area contributed by atoms with E-state index in [-0.39, 0.29) is 12.0 Å². The van der Waals surface area contributed by atoms with E-state index in [2.05, 4.69) is 27.8 Å². The SMILES string of the molecule is CC(Cc1c[nH]c2ccccc12)(NC(=O)OC1CCCCCCCCCCC1)C(=O)NCCc1ccccc1. The number of H-pyrrole nitrogens is 1. The van der Waals surface area contributed by atoms with E-state index in [1.54, 1.807) is 6.92 Å². The topological polar surface area (TPSA) is 83.2 Å². The summed E-state index contributed by atoms with van der Waals surface area (Å²) < 4.78 is 5.98. The Morgan fingerprint density at radius 1 is 0.872 bits per heavy atom. The number of ether oxygens (including phenoxy) is 1. The molecule has 0 radical (unpaired) electrons. The molecule has 1 aliphatic carbocycles. The van der Waals surface area contributed by atoms with Crippen molar-refractivity contribution < 1.29 is 14.3 Å². The first-order valence-corrected chi connectivity index (χ1v) is 14.9. The van der Waals surface area contributed by atoms with Crippen LogP contribution in [-0.4, -0.2) is 35.2 Å². The van der Waals surface area contributed by atoms with Gasteiger partial charge in [-0.05, 0) is 56.2 Å². The highest BCUT2D eigenvalue weighted by atomic mass is 16.6. The zero-order valence-corrected chi connectivity index (χ0v) is 23.5. The first kappa shape index (κ1) is 28.7. The highest BCUT2D eigenvalue weighted by Gasteiger charge is 2.37. The van der Waals surface area contributed by atoms with Crippen LogP contribution < -0.4 is 10.6 Å². The lowest BCUT2D eigenvalue weighted by atomic mass is 9.91. The second kappa shape index (κ2) is 14.8. The smallest absolute Gasteiger partial charge is 0.408 e. The van der Waals surface area contributed by atoms with Crippen molar-refractivity contribution in [3.05, 3.63) is 71.9 Å². The Labute approximate surface area is 233 Å². The number of rotatable bonds is 8. The fraction of sp³-hybridized carbons (Fsp3) is 0.515. The number of benzene rings is 2. The molecule has 0 saturated heterocycles. The summed E-state index contributed by atoms with van der Waals surface area (Å²) >= 11 is 0. The minimum absolute atomic E-state index is 0.108. The van der Waals surface area contributed by atoms with Gasteiger partial charge in [0.2, 0.25) is 5.91 Å². The molecule has 1 aromatic heterocycles. The van der Waals surface area contributed by atoms with Gasteiger partial charge in [0.1, 0.15) is 11.6 Å². The molecule has 6 nitrogen and oxygen atoms in total. The van der Waals surface area contributed by atoms with Crippen LogP contribution in [0.1, 0.15) is 88.7 Å². The van der Waals surface area contributed by atoms with Gasteiger partial charge in [0.25, 0.3) is 0 Å². The molecule has 3 N–H and O–H groups in total. The Morgan fingerprint density at radius 3 is 2.18 bits per heavy atom. The second-order valence-corrected chi connectivity index (χ2v) is 11.3. The Hall–Kier alpha value is -3.28. The van der Waals surface area contributed by atoms with Crippen LogP contribution in [0.2, 0.25) is 0 Å². The molecule has 210 valence electrons. The Balaban J connectivity index is 1.43. The number of aromatic amines is 1. The van der Waals surface area contributed by atoms with E-state index in [1.807, 2.05) is 48.7 Å². The average Bonchev–Trinajstić information content (AvgIpc) is 3.33. The molecule has 2 amide bonds. The van der Waals surface area contributed by atoms with Crippen molar-refractivity contribution in [2.75, 3.05) is 6.54 Å². The van der Waals surface area contributed by atoms with E-state index in [0.29, 0.717) is 13.0 Å². The van der Waals surface area contributed by atoms with Crippen LogP contribution in [0.3, 0.4) is 0 Å². The van der Waals surface area contributed by atoms with Crippen molar-refractivity contribution in [1.82, 2.24) is 15.6 Å². The summed E-state index contributed by atoms with van der Waals surface area (Å²) in [7, 11) is 0. The zero-order chi connectivity index (χ0) is 27.3. The number of aromatic nitrogens is 1. The van der Waals surface area contributed by atoms with Crippen LogP contribution in [-0.2, 0) is 22.4 Å². The van der Waals surface area contributed by atoms with Gasteiger partial charge in [0.05, 0.1) is 0 Å². The molecule has 1 heterocycles. The maximum absolute atomic E-state index is 13.6. The molecule has 0 spiro atoms. The minimum Gasteiger partial charge on any atom is -0.446 e. The van der Waals surface area contributed by atoms with Crippen molar-refractivity contribution in [2.45, 2.75) is 102 Å². The molecule has 1 unspecified atom stereocenters. The fourth-order valence-corrected chi connectivity index (χ4v) is 5.65. The molecule has 4 rings (SSSR count). The molecule has 1 aliphatic rings. The summed E-state index contributed by atoms with van der Waals surface area (Å²) in [6.45, 7) is 2.29. The van der Waals surface area contributed by atoms with Gasteiger partial charge < -0.3 is 20.4 Å². The van der Waals surface area contributed by atoms with Crippen molar-refractivity contribution in [2.24, 2.45) is 0 Å². The highest BCUT2D eigenvalue weighted by Crippen LogP contribution is 2.24. The number of carbonyl (C=O) groups excluding carboxylic acids is 2. The Bertz CT molecular complexity index is 1160. The number of para-hydroxylation sites is 1. The summed E-state index contributed by atoms with van der Waals surface area (Å²) in [6.07, 6.45) is 15.1. The quantitative estimate of drug-likeness (QED) is 0.287. The largest absolute Gasteiger partial charge is 0.446 e. The van der Waals surface area contributed by atoms with Crippen LogP contribution >= 0.6 is 0 Å². The fourth-order valence-electron chi connectivity index (χ4n) is 5.65. The molecular formula is C33H45N3O3. The maximum atomic E-state index is 13.6. The van der Waals surface area contributed by atoms with E-state index in [0.717, 1.165) is 54.1 Å². The molecular weight excluding hydrogens is 486 g/mol. The lowest BCUT2D eigenvalue weighted by Gasteiger charge is -2.30. The number of hydrogen-bond acceptors (Lipinski definition) is 3. The third-order valence-electron chi connectivity index (χ3n) is 7.97.